The summed E-state index contributed by atoms with van der Waals surface area (Å²) in [6, 6.07) is 8.92. The van der Waals surface area contributed by atoms with E-state index in [-0.39, 0.29) is 35.3 Å². The molecule has 1 heterocycles. The van der Waals surface area contributed by atoms with Crippen LogP contribution in [0.25, 0.3) is 5.82 Å². The number of allylic oxidation sites excluding steroid dienone is 2. The SMILES string of the molecule is CN/C(=C\C=C(/N)n1c(=O)c(C(CN(C)C)=Nc2ccc(NC(=O)NOC)cc2)c(N)n(Cc2c(F)cccc2F)c1=O)OC. The highest BCUT2D eigenvalue weighted by molar-refractivity contribution is 6.06. The summed E-state index contributed by atoms with van der Waals surface area (Å²) in [4.78, 5) is 50.4. The van der Waals surface area contributed by atoms with Crippen LogP contribution in [-0.4, -0.2) is 67.7 Å². The van der Waals surface area contributed by atoms with Gasteiger partial charge in [0.2, 0.25) is 0 Å². The van der Waals surface area contributed by atoms with E-state index in [0.29, 0.717) is 15.9 Å². The van der Waals surface area contributed by atoms with Crippen LogP contribution in [0.5, 0.6) is 0 Å². The van der Waals surface area contributed by atoms with Gasteiger partial charge >= 0.3 is 11.7 Å². The maximum Gasteiger partial charge on any atom is 0.343 e. The smallest absolute Gasteiger partial charge is 0.343 e. The van der Waals surface area contributed by atoms with Crippen LogP contribution in [0.1, 0.15) is 11.1 Å². The standard InChI is InChI=1S/C29H35F2N9O5/c1-34-24(44-4)14-13-23(32)40-27(41)25(26(33)39(29(40)43)15-19-20(30)7-6-8-21(19)31)22(16-38(2)3)35-17-9-11-18(12-10-17)36-28(42)37-45-5/h6-14,34H,15-16,32-33H2,1-5H3,(H2,36,37,42)/b23-13+,24-14+,35-22?. The molecule has 0 saturated carbocycles. The molecule has 1 aromatic heterocycles. The monoisotopic (exact) mass is 627 g/mol. The van der Waals surface area contributed by atoms with Gasteiger partial charge in [-0.2, -0.15) is 0 Å². The van der Waals surface area contributed by atoms with Crippen LogP contribution in [0.15, 0.2) is 75.1 Å². The highest BCUT2D eigenvalue weighted by atomic mass is 19.1. The van der Waals surface area contributed by atoms with E-state index in [1.54, 1.807) is 50.3 Å². The molecule has 0 aliphatic heterocycles. The lowest BCUT2D eigenvalue weighted by Gasteiger charge is -2.20. The normalized spacial score (nSPS) is 12.3. The minimum Gasteiger partial charge on any atom is -0.483 e. The van der Waals surface area contributed by atoms with E-state index in [9.17, 15) is 23.2 Å². The molecule has 2 aromatic carbocycles. The predicted octanol–water partition coefficient (Wildman–Crippen LogP) is 1.75. The first-order valence-electron chi connectivity index (χ1n) is 13.3. The molecular formula is C29H35F2N9O5. The fourth-order valence-corrected chi connectivity index (χ4v) is 4.14. The van der Waals surface area contributed by atoms with E-state index in [1.165, 1.54) is 32.4 Å². The van der Waals surface area contributed by atoms with E-state index >= 15 is 0 Å². The zero-order valence-corrected chi connectivity index (χ0v) is 25.4. The van der Waals surface area contributed by atoms with Gasteiger partial charge in [-0.1, -0.05) is 6.07 Å². The van der Waals surface area contributed by atoms with Crippen LogP contribution in [0.4, 0.5) is 30.8 Å². The first-order valence-corrected chi connectivity index (χ1v) is 13.3. The van der Waals surface area contributed by atoms with Crippen molar-refractivity contribution < 1.29 is 23.1 Å². The number of ether oxygens (including phenoxy) is 1. The van der Waals surface area contributed by atoms with Gasteiger partial charge in [0.25, 0.3) is 5.56 Å². The van der Waals surface area contributed by atoms with Crippen LogP contribution in [0.2, 0.25) is 0 Å². The molecule has 0 saturated heterocycles. The number of benzene rings is 2. The Balaban J connectivity index is 2.31. The number of hydrogen-bond donors (Lipinski definition) is 5. The lowest BCUT2D eigenvalue weighted by molar-refractivity contribution is 0.114. The number of hydroxylamine groups is 1. The molecule has 0 bridgehead atoms. The van der Waals surface area contributed by atoms with E-state index in [0.717, 1.165) is 16.7 Å². The second kappa shape index (κ2) is 15.3. The molecule has 0 fully saturated rings. The number of nitrogen functional groups attached to an aromatic ring is 1. The summed E-state index contributed by atoms with van der Waals surface area (Å²) in [5.74, 6) is -2.27. The maximum absolute atomic E-state index is 14.7. The lowest BCUT2D eigenvalue weighted by Crippen LogP contribution is -2.46. The number of likely N-dealkylation sites (N-methyl/N-ethyl adjacent to an activating group) is 1. The molecule has 240 valence electrons. The van der Waals surface area contributed by atoms with Crippen molar-refractivity contribution in [3.63, 3.8) is 0 Å². The van der Waals surface area contributed by atoms with E-state index < -0.39 is 41.0 Å². The van der Waals surface area contributed by atoms with Gasteiger partial charge in [-0.3, -0.25) is 19.2 Å². The van der Waals surface area contributed by atoms with Gasteiger partial charge in [-0.25, -0.2) is 28.4 Å². The summed E-state index contributed by atoms with van der Waals surface area (Å²) in [7, 11) is 7.72. The summed E-state index contributed by atoms with van der Waals surface area (Å²) < 4.78 is 36.0. The number of nitrogens with one attached hydrogen (secondary N) is 3. The molecule has 0 unspecified atom stereocenters. The third-order valence-corrected chi connectivity index (χ3v) is 6.23. The largest absolute Gasteiger partial charge is 0.483 e. The Morgan fingerprint density at radius 3 is 2.27 bits per heavy atom. The van der Waals surface area contributed by atoms with Gasteiger partial charge < -0.3 is 31.7 Å². The number of urea groups is 1. The van der Waals surface area contributed by atoms with Crippen LogP contribution in [0.3, 0.4) is 0 Å². The number of rotatable bonds is 12. The first kappa shape index (κ1) is 34.0. The average molecular weight is 628 g/mol. The number of carbonyl (C=O) groups is 1. The molecule has 0 atom stereocenters. The van der Waals surface area contributed by atoms with E-state index in [4.69, 9.17) is 16.2 Å². The maximum atomic E-state index is 14.7. The Hall–Kier alpha value is -5.48. The Kier molecular flexibility index (Phi) is 11.6. The van der Waals surface area contributed by atoms with Crippen molar-refractivity contribution >= 4 is 34.8 Å². The molecule has 0 spiro atoms. The second-order valence-corrected chi connectivity index (χ2v) is 9.65. The Bertz CT molecular complexity index is 1720. The second-order valence-electron chi connectivity index (χ2n) is 9.65. The first-order chi connectivity index (χ1) is 21.4. The lowest BCUT2D eigenvalue weighted by atomic mass is 10.1. The van der Waals surface area contributed by atoms with Gasteiger partial charge in [0.1, 0.15) is 28.8 Å². The van der Waals surface area contributed by atoms with Crippen molar-refractivity contribution in [2.24, 2.45) is 10.7 Å². The number of methoxy groups -OCH3 is 1. The Labute approximate surface area is 257 Å². The number of aromatic nitrogens is 2. The molecule has 0 aliphatic rings. The number of hydrogen-bond acceptors (Lipinski definition) is 10. The molecule has 2 amide bonds. The molecule has 3 rings (SSSR count). The minimum absolute atomic E-state index is 0.0546. The van der Waals surface area contributed by atoms with Gasteiger partial charge in [-0.15, -0.1) is 0 Å². The third-order valence-electron chi connectivity index (χ3n) is 6.23. The fourth-order valence-electron chi connectivity index (χ4n) is 4.14. The Morgan fingerprint density at radius 1 is 1.07 bits per heavy atom. The number of halogens is 2. The van der Waals surface area contributed by atoms with E-state index in [1.807, 2.05) is 0 Å². The van der Waals surface area contributed by atoms with Crippen LogP contribution < -0.4 is 38.8 Å². The molecule has 14 nitrogen and oxygen atoms in total. The summed E-state index contributed by atoms with van der Waals surface area (Å²) in [5.41, 5.74) is 13.1. The van der Waals surface area contributed by atoms with Crippen molar-refractivity contribution in [2.75, 3.05) is 53.0 Å². The topological polar surface area (TPSA) is 183 Å². The highest BCUT2D eigenvalue weighted by Crippen LogP contribution is 2.20. The van der Waals surface area contributed by atoms with Gasteiger partial charge in [0, 0.05) is 30.9 Å². The zero-order chi connectivity index (χ0) is 33.3. The predicted molar refractivity (Wildman–Crippen MR) is 168 cm³/mol. The molecule has 16 heteroatoms. The minimum atomic E-state index is -1.04. The number of aliphatic imine (C=N–C) groups is 1. The molecule has 0 aliphatic carbocycles. The molecular weight excluding hydrogens is 592 g/mol. The van der Waals surface area contributed by atoms with Crippen LogP contribution in [-0.2, 0) is 16.1 Å². The molecule has 3 aromatic rings. The number of anilines is 2. The average Bonchev–Trinajstić information content (AvgIpc) is 2.98. The third kappa shape index (κ3) is 8.33. The quantitative estimate of drug-likeness (QED) is 0.0864. The van der Waals surface area contributed by atoms with Gasteiger partial charge in [0.05, 0.1) is 32.2 Å². The van der Waals surface area contributed by atoms with Gasteiger partial charge in [-0.05, 0) is 56.6 Å². The van der Waals surface area contributed by atoms with E-state index in [2.05, 4.69) is 25.9 Å². The van der Waals surface area contributed by atoms with Crippen LogP contribution in [0, 0.1) is 11.6 Å². The van der Waals surface area contributed by atoms with Gasteiger partial charge in [0.15, 0.2) is 5.88 Å². The molecule has 45 heavy (non-hydrogen) atoms. The Morgan fingerprint density at radius 2 is 1.71 bits per heavy atom. The summed E-state index contributed by atoms with van der Waals surface area (Å²) in [5, 5.41) is 5.32. The van der Waals surface area contributed by atoms with Crippen LogP contribution >= 0.6 is 0 Å². The molecule has 0 radical (unpaired) electrons. The van der Waals surface area contributed by atoms with Crippen molar-refractivity contribution in [2.45, 2.75) is 6.54 Å². The van der Waals surface area contributed by atoms with Crippen molar-refractivity contribution in [1.82, 2.24) is 24.8 Å². The summed E-state index contributed by atoms with van der Waals surface area (Å²) in [6.45, 7) is -0.600. The highest BCUT2D eigenvalue weighted by Gasteiger charge is 2.24. The summed E-state index contributed by atoms with van der Waals surface area (Å²) in [6.07, 6.45) is 2.63. The van der Waals surface area contributed by atoms with Crippen molar-refractivity contribution in [3.8, 4) is 0 Å². The number of nitrogens with two attached hydrogens (primary N) is 2. The zero-order valence-electron chi connectivity index (χ0n) is 25.4. The summed E-state index contributed by atoms with van der Waals surface area (Å²) >= 11 is 0. The van der Waals surface area contributed by atoms with Crippen molar-refractivity contribution in [1.29, 1.82) is 0 Å². The fraction of sp³-hybridized carbons (Fsp3) is 0.241. The number of amides is 2. The number of carbonyl (C=O) groups excluding carboxylic acids is 1. The number of nitrogens with zero attached hydrogens (tertiary/aromatic N) is 4. The molecule has 7 N–H and O–H groups in total. The van der Waals surface area contributed by atoms with Crippen molar-refractivity contribution in [3.05, 3.63) is 104 Å².